The fourth-order valence-electron chi connectivity index (χ4n) is 1.47. The minimum absolute atomic E-state index is 0.216. The Morgan fingerprint density at radius 2 is 1.89 bits per heavy atom. The second-order valence-electron chi connectivity index (χ2n) is 3.97. The van der Waals surface area contributed by atoms with Crippen molar-refractivity contribution >= 4 is 31.8 Å². The SMILES string of the molecule is O=S(O)(=S)OCCCCCCOc1cccc(Cl)c1. The number of halogens is 1. The molecule has 1 atom stereocenters. The zero-order valence-electron chi connectivity index (χ0n) is 10.4. The first kappa shape index (κ1) is 16.7. The van der Waals surface area contributed by atoms with Crippen molar-refractivity contribution in [1.82, 2.24) is 0 Å². The van der Waals surface area contributed by atoms with Crippen LogP contribution in [-0.2, 0) is 24.4 Å². The summed E-state index contributed by atoms with van der Waals surface area (Å²) in [6.45, 7) is 0.840. The van der Waals surface area contributed by atoms with Crippen molar-refractivity contribution in [2.75, 3.05) is 13.2 Å². The molecule has 4 nitrogen and oxygen atoms in total. The largest absolute Gasteiger partial charge is 0.494 e. The Morgan fingerprint density at radius 3 is 2.53 bits per heavy atom. The first-order valence-corrected chi connectivity index (χ1v) is 8.72. The quantitative estimate of drug-likeness (QED) is 0.705. The first-order chi connectivity index (χ1) is 8.97. The van der Waals surface area contributed by atoms with Crippen LogP contribution in [0.3, 0.4) is 0 Å². The average molecular weight is 325 g/mol. The van der Waals surface area contributed by atoms with E-state index in [0.717, 1.165) is 25.0 Å². The van der Waals surface area contributed by atoms with Crippen molar-refractivity contribution in [2.24, 2.45) is 0 Å². The van der Waals surface area contributed by atoms with Crippen molar-refractivity contribution in [3.8, 4) is 5.75 Å². The summed E-state index contributed by atoms with van der Waals surface area (Å²) in [5.74, 6) is 0.766. The Balaban J connectivity index is 2.00. The molecule has 0 saturated heterocycles. The highest BCUT2D eigenvalue weighted by Gasteiger charge is 1.99. The maximum atomic E-state index is 10.6. The second kappa shape index (κ2) is 8.71. The van der Waals surface area contributed by atoms with Crippen molar-refractivity contribution in [1.29, 1.82) is 0 Å². The van der Waals surface area contributed by atoms with Crippen molar-refractivity contribution in [3.63, 3.8) is 0 Å². The smallest absolute Gasteiger partial charge is 0.266 e. The van der Waals surface area contributed by atoms with Crippen LogP contribution in [0.1, 0.15) is 25.7 Å². The maximum absolute atomic E-state index is 10.6. The molecule has 1 N–H and O–H groups in total. The predicted octanol–water partition coefficient (Wildman–Crippen LogP) is 3.43. The van der Waals surface area contributed by atoms with Crippen LogP contribution in [0, 0.1) is 0 Å². The summed E-state index contributed by atoms with van der Waals surface area (Å²) in [4.78, 5) is 0. The van der Waals surface area contributed by atoms with Crippen LogP contribution in [-0.4, -0.2) is 22.0 Å². The fraction of sp³-hybridized carbons (Fsp3) is 0.500. The van der Waals surface area contributed by atoms with E-state index in [1.807, 2.05) is 12.1 Å². The molecule has 7 heteroatoms. The van der Waals surface area contributed by atoms with E-state index in [4.69, 9.17) is 20.9 Å². The Kier molecular flexibility index (Phi) is 7.63. The van der Waals surface area contributed by atoms with Crippen molar-refractivity contribution in [3.05, 3.63) is 29.3 Å². The monoisotopic (exact) mass is 324 g/mol. The Hall–Kier alpha value is -0.400. The Labute approximate surface area is 123 Å². The molecule has 0 heterocycles. The fourth-order valence-corrected chi connectivity index (χ4v) is 2.18. The van der Waals surface area contributed by atoms with Gasteiger partial charge in [-0.2, -0.15) is 4.21 Å². The number of hydrogen-bond donors (Lipinski definition) is 1. The topological polar surface area (TPSA) is 55.8 Å². The first-order valence-electron chi connectivity index (χ1n) is 5.97. The molecule has 1 aromatic carbocycles. The van der Waals surface area contributed by atoms with Gasteiger partial charge in [0, 0.05) is 16.2 Å². The summed E-state index contributed by atoms with van der Waals surface area (Å²) in [6, 6.07) is 7.28. The van der Waals surface area contributed by atoms with Gasteiger partial charge in [0.25, 0.3) is 9.05 Å². The number of benzene rings is 1. The zero-order valence-corrected chi connectivity index (χ0v) is 12.8. The van der Waals surface area contributed by atoms with Crippen LogP contribution < -0.4 is 4.74 Å². The van der Waals surface area contributed by atoms with E-state index in [2.05, 4.69) is 15.4 Å². The molecule has 0 amide bonds. The second-order valence-corrected chi connectivity index (χ2v) is 6.76. The lowest BCUT2D eigenvalue weighted by atomic mass is 10.2. The molecule has 1 unspecified atom stereocenters. The molecule has 0 aliphatic rings. The standard InChI is InChI=1S/C12H17ClO4S2/c13-11-6-5-7-12(10-11)16-8-3-1-2-4-9-17-19(14,15)18/h5-7,10H,1-4,8-9H2,(H,14,15,18). The number of rotatable bonds is 9. The normalized spacial score (nSPS) is 14.0. The highest BCUT2D eigenvalue weighted by molar-refractivity contribution is 8.27. The van der Waals surface area contributed by atoms with E-state index in [9.17, 15) is 4.21 Å². The average Bonchev–Trinajstić information content (AvgIpc) is 2.31. The summed E-state index contributed by atoms with van der Waals surface area (Å²) >= 11 is 10.0. The van der Waals surface area contributed by atoms with Gasteiger partial charge in [0.15, 0.2) is 0 Å². The van der Waals surface area contributed by atoms with Crippen LogP contribution in [0.2, 0.25) is 5.02 Å². The van der Waals surface area contributed by atoms with Gasteiger partial charge in [-0.15, -0.1) is 0 Å². The molecular weight excluding hydrogens is 308 g/mol. The van der Waals surface area contributed by atoms with Gasteiger partial charge in [-0.05, 0) is 37.5 Å². The minimum atomic E-state index is -3.47. The third-order valence-electron chi connectivity index (χ3n) is 2.34. The molecule has 0 aliphatic heterocycles. The number of hydrogen-bond acceptors (Lipinski definition) is 4. The summed E-state index contributed by atoms with van der Waals surface area (Å²) in [6.07, 6.45) is 3.50. The summed E-state index contributed by atoms with van der Waals surface area (Å²) < 4.78 is 29.4. The molecule has 0 saturated carbocycles. The molecule has 0 radical (unpaired) electrons. The third kappa shape index (κ3) is 9.18. The number of ether oxygens (including phenoxy) is 1. The predicted molar refractivity (Wildman–Crippen MR) is 79.5 cm³/mol. The minimum Gasteiger partial charge on any atom is -0.494 e. The van der Waals surface area contributed by atoms with E-state index in [0.29, 0.717) is 18.1 Å². The lowest BCUT2D eigenvalue weighted by Crippen LogP contribution is -2.03. The molecule has 0 spiro atoms. The molecule has 0 aliphatic carbocycles. The Bertz CT molecular complexity index is 476. The summed E-state index contributed by atoms with van der Waals surface area (Å²) in [5, 5.41) is 0.658. The van der Waals surface area contributed by atoms with Crippen molar-refractivity contribution in [2.45, 2.75) is 25.7 Å². The molecule has 108 valence electrons. The van der Waals surface area contributed by atoms with Gasteiger partial charge in [0.05, 0.1) is 13.2 Å². The van der Waals surface area contributed by atoms with Gasteiger partial charge in [-0.3, -0.25) is 8.74 Å². The summed E-state index contributed by atoms with van der Waals surface area (Å²) in [5.41, 5.74) is 0. The van der Waals surface area contributed by atoms with Gasteiger partial charge in [0.1, 0.15) is 5.75 Å². The van der Waals surface area contributed by atoms with E-state index >= 15 is 0 Å². The van der Waals surface area contributed by atoms with Gasteiger partial charge in [-0.1, -0.05) is 24.1 Å². The van der Waals surface area contributed by atoms with E-state index in [1.165, 1.54) is 0 Å². The van der Waals surface area contributed by atoms with Gasteiger partial charge >= 0.3 is 0 Å². The molecule has 19 heavy (non-hydrogen) atoms. The lowest BCUT2D eigenvalue weighted by molar-refractivity contribution is 0.283. The van der Waals surface area contributed by atoms with Gasteiger partial charge in [-0.25, -0.2) is 0 Å². The maximum Gasteiger partial charge on any atom is 0.266 e. The van der Waals surface area contributed by atoms with Crippen LogP contribution in [0.5, 0.6) is 5.75 Å². The highest BCUT2D eigenvalue weighted by Crippen LogP contribution is 2.17. The van der Waals surface area contributed by atoms with Crippen LogP contribution in [0.25, 0.3) is 0 Å². The van der Waals surface area contributed by atoms with Crippen molar-refractivity contribution < 1.29 is 17.7 Å². The van der Waals surface area contributed by atoms with Crippen LogP contribution in [0.4, 0.5) is 0 Å². The van der Waals surface area contributed by atoms with E-state index in [-0.39, 0.29) is 6.61 Å². The van der Waals surface area contributed by atoms with Crippen LogP contribution in [0.15, 0.2) is 24.3 Å². The highest BCUT2D eigenvalue weighted by atomic mass is 35.5. The Morgan fingerprint density at radius 1 is 1.21 bits per heavy atom. The molecule has 0 aromatic heterocycles. The molecule has 1 rings (SSSR count). The summed E-state index contributed by atoms with van der Waals surface area (Å²) in [7, 11) is -3.47. The van der Waals surface area contributed by atoms with E-state index in [1.54, 1.807) is 12.1 Å². The van der Waals surface area contributed by atoms with Gasteiger partial charge < -0.3 is 4.74 Å². The number of unbranched alkanes of at least 4 members (excludes halogenated alkanes) is 3. The van der Waals surface area contributed by atoms with Crippen LogP contribution >= 0.6 is 11.6 Å². The molecule has 1 aromatic rings. The molecular formula is C12H17ClO4S2. The lowest BCUT2D eigenvalue weighted by Gasteiger charge is -2.06. The third-order valence-corrected chi connectivity index (χ3v) is 3.32. The zero-order chi connectivity index (χ0) is 14.1. The molecule has 0 bridgehead atoms. The van der Waals surface area contributed by atoms with E-state index < -0.39 is 9.05 Å². The van der Waals surface area contributed by atoms with Gasteiger partial charge in [0.2, 0.25) is 0 Å². The molecule has 0 fully saturated rings.